The number of hydrogen-bond donors (Lipinski definition) is 0. The fourth-order valence-electron chi connectivity index (χ4n) is 7.16. The van der Waals surface area contributed by atoms with Gasteiger partial charge in [-0.15, -0.1) is 0 Å². The van der Waals surface area contributed by atoms with Crippen LogP contribution in [-0.2, 0) is 0 Å². The van der Waals surface area contributed by atoms with Crippen molar-refractivity contribution in [2.45, 2.75) is 103 Å². The number of allylic oxidation sites excluding steroid dienone is 3. The molecule has 0 aliphatic heterocycles. The van der Waals surface area contributed by atoms with Gasteiger partial charge in [-0.2, -0.15) is 8.78 Å². The van der Waals surface area contributed by atoms with Gasteiger partial charge in [-0.1, -0.05) is 43.7 Å². The number of halogens is 2. The Morgan fingerprint density at radius 1 is 0.912 bits per heavy atom. The zero-order chi connectivity index (χ0) is 24.0. The van der Waals surface area contributed by atoms with E-state index in [9.17, 15) is 8.78 Å². The molecule has 0 N–H and O–H groups in total. The molecule has 188 valence electrons. The molecule has 0 amide bonds. The van der Waals surface area contributed by atoms with E-state index in [1.807, 2.05) is 12.1 Å². The highest BCUT2D eigenvalue weighted by atomic mass is 19.3. The Labute approximate surface area is 206 Å². The first kappa shape index (κ1) is 25.5. The number of ether oxygens (including phenoxy) is 1. The normalized spacial score (nSPS) is 32.7. The third-order valence-electron chi connectivity index (χ3n) is 8.94. The average Bonchev–Trinajstić information content (AvgIpc) is 2.84. The van der Waals surface area contributed by atoms with Crippen LogP contribution in [0, 0.1) is 29.6 Å². The molecule has 3 saturated carbocycles. The molecule has 3 heteroatoms. The minimum atomic E-state index is -3.26. The molecule has 1 aromatic rings. The average molecular weight is 471 g/mol. The van der Waals surface area contributed by atoms with Crippen molar-refractivity contribution in [1.82, 2.24) is 0 Å². The van der Waals surface area contributed by atoms with Gasteiger partial charge in [0.15, 0.2) is 0 Å². The number of hydrogen-bond acceptors (Lipinski definition) is 1. The minimum absolute atomic E-state index is 0.265. The lowest BCUT2D eigenvalue weighted by Gasteiger charge is -2.45. The maximum absolute atomic E-state index is 13.8. The summed E-state index contributed by atoms with van der Waals surface area (Å²) in [4.78, 5) is 0. The Hall–Kier alpha value is -1.64. The molecule has 0 aromatic heterocycles. The molecule has 0 heterocycles. The zero-order valence-electron chi connectivity index (χ0n) is 21.2. The van der Waals surface area contributed by atoms with Crippen LogP contribution in [0.1, 0.15) is 102 Å². The number of alkyl halides is 2. The Kier molecular flexibility index (Phi) is 8.88. The molecule has 0 spiro atoms. The van der Waals surface area contributed by atoms with Crippen LogP contribution in [0.15, 0.2) is 48.6 Å². The van der Waals surface area contributed by atoms with Gasteiger partial charge in [-0.25, -0.2) is 0 Å². The van der Waals surface area contributed by atoms with E-state index in [1.165, 1.54) is 83.1 Å². The molecule has 3 aliphatic rings. The molecule has 1 aromatic carbocycles. The predicted molar refractivity (Wildman–Crippen MR) is 137 cm³/mol. The van der Waals surface area contributed by atoms with E-state index < -0.39 is 6.11 Å². The fraction of sp³-hybridized carbons (Fsp3) is 0.677. The van der Waals surface area contributed by atoms with Crippen LogP contribution >= 0.6 is 0 Å². The Morgan fingerprint density at radius 2 is 1.59 bits per heavy atom. The van der Waals surface area contributed by atoms with Crippen LogP contribution in [0.5, 0.6) is 5.75 Å². The number of fused-ring (bicyclic) bond motifs is 1. The van der Waals surface area contributed by atoms with Gasteiger partial charge in [0.2, 0.25) is 0 Å². The molecular formula is C31H44F2O. The lowest BCUT2D eigenvalue weighted by Crippen LogP contribution is -2.34. The van der Waals surface area contributed by atoms with E-state index in [1.54, 1.807) is 13.0 Å². The quantitative estimate of drug-likeness (QED) is 0.344. The third-order valence-corrected chi connectivity index (χ3v) is 8.94. The summed E-state index contributed by atoms with van der Waals surface area (Å²) in [5, 5.41) is 0. The molecule has 4 atom stereocenters. The highest BCUT2D eigenvalue weighted by Crippen LogP contribution is 2.50. The Morgan fingerprint density at radius 3 is 2.32 bits per heavy atom. The monoisotopic (exact) mass is 470 g/mol. The van der Waals surface area contributed by atoms with Crippen molar-refractivity contribution >= 4 is 0 Å². The molecular weight excluding hydrogens is 426 g/mol. The first-order valence-electron chi connectivity index (χ1n) is 13.9. The summed E-state index contributed by atoms with van der Waals surface area (Å²) in [7, 11) is 0. The zero-order valence-corrected chi connectivity index (χ0v) is 21.2. The summed E-state index contributed by atoms with van der Waals surface area (Å²) >= 11 is 0. The Balaban J connectivity index is 1.26. The van der Waals surface area contributed by atoms with Crippen LogP contribution < -0.4 is 4.74 Å². The van der Waals surface area contributed by atoms with E-state index in [2.05, 4.69) is 25.1 Å². The van der Waals surface area contributed by atoms with Crippen molar-refractivity contribution in [1.29, 1.82) is 0 Å². The van der Waals surface area contributed by atoms with Crippen molar-refractivity contribution in [3.63, 3.8) is 0 Å². The summed E-state index contributed by atoms with van der Waals surface area (Å²) < 4.78 is 32.6. The van der Waals surface area contributed by atoms with Crippen molar-refractivity contribution in [3.05, 3.63) is 54.1 Å². The molecule has 4 unspecified atom stereocenters. The third kappa shape index (κ3) is 6.73. The summed E-state index contributed by atoms with van der Waals surface area (Å²) in [6, 6.07) is 7.42. The van der Waals surface area contributed by atoms with Gasteiger partial charge in [0.05, 0.1) is 0 Å². The van der Waals surface area contributed by atoms with E-state index >= 15 is 0 Å². The van der Waals surface area contributed by atoms with Crippen molar-refractivity contribution in [3.8, 4) is 5.75 Å². The molecule has 0 bridgehead atoms. The molecule has 4 rings (SSSR count). The van der Waals surface area contributed by atoms with Gasteiger partial charge < -0.3 is 4.74 Å². The minimum Gasteiger partial charge on any atom is -0.429 e. The molecule has 34 heavy (non-hydrogen) atoms. The Bertz CT molecular complexity index is 820. The van der Waals surface area contributed by atoms with Crippen LogP contribution in [-0.4, -0.2) is 6.11 Å². The molecule has 3 aliphatic carbocycles. The summed E-state index contributed by atoms with van der Waals surface area (Å²) in [6.07, 6.45) is 19.8. The van der Waals surface area contributed by atoms with Crippen LogP contribution in [0.3, 0.4) is 0 Å². The van der Waals surface area contributed by atoms with Crippen molar-refractivity contribution in [2.24, 2.45) is 29.6 Å². The lowest BCUT2D eigenvalue weighted by molar-refractivity contribution is -0.131. The first-order chi connectivity index (χ1) is 16.5. The summed E-state index contributed by atoms with van der Waals surface area (Å²) in [6.45, 7) is 3.84. The molecule has 3 fully saturated rings. The predicted octanol–water partition coefficient (Wildman–Crippen LogP) is 9.70. The molecule has 0 saturated heterocycles. The SMILES string of the molecule is C/C=C/C(F)(F)Oc1cccc(C2CCC(C3CCC4CC(/C=C/CCC)CCC4C3)CC2)c1. The highest BCUT2D eigenvalue weighted by Gasteiger charge is 2.38. The maximum atomic E-state index is 13.8. The molecule has 0 radical (unpaired) electrons. The number of benzene rings is 1. The second kappa shape index (κ2) is 11.9. The van der Waals surface area contributed by atoms with Crippen molar-refractivity contribution < 1.29 is 13.5 Å². The van der Waals surface area contributed by atoms with Gasteiger partial charge in [-0.3, -0.25) is 0 Å². The second-order valence-corrected chi connectivity index (χ2v) is 11.2. The highest BCUT2D eigenvalue weighted by molar-refractivity contribution is 5.31. The fourth-order valence-corrected chi connectivity index (χ4v) is 7.16. The second-order valence-electron chi connectivity index (χ2n) is 11.2. The van der Waals surface area contributed by atoms with Crippen LogP contribution in [0.25, 0.3) is 0 Å². The lowest BCUT2D eigenvalue weighted by atomic mass is 9.61. The topological polar surface area (TPSA) is 9.23 Å². The summed E-state index contributed by atoms with van der Waals surface area (Å²) in [5.41, 5.74) is 1.16. The smallest absolute Gasteiger partial charge is 0.419 e. The van der Waals surface area contributed by atoms with Gasteiger partial charge in [0, 0.05) is 6.08 Å². The maximum Gasteiger partial charge on any atom is 0.419 e. The largest absolute Gasteiger partial charge is 0.429 e. The van der Waals surface area contributed by atoms with Gasteiger partial charge in [-0.05, 0) is 131 Å². The van der Waals surface area contributed by atoms with Crippen molar-refractivity contribution in [2.75, 3.05) is 0 Å². The van der Waals surface area contributed by atoms with E-state index in [0.717, 1.165) is 41.2 Å². The standard InChI is InChI=1S/C31H44F2O/c1-3-5-6-8-23-11-12-29-21-28(18-17-27(29)20-23)25-15-13-24(14-16-25)26-9-7-10-30(22-26)34-31(32,33)19-4-2/h4,6-10,19,22-25,27-29H,3,5,11-18,20-21H2,1-2H3/b8-6+,19-4+. The van der Waals surface area contributed by atoms with Gasteiger partial charge in [0.25, 0.3) is 0 Å². The van der Waals surface area contributed by atoms with E-state index in [4.69, 9.17) is 4.74 Å². The van der Waals surface area contributed by atoms with Crippen LogP contribution in [0.4, 0.5) is 8.78 Å². The first-order valence-corrected chi connectivity index (χ1v) is 13.9. The summed E-state index contributed by atoms with van der Waals surface area (Å²) in [5.74, 6) is 5.25. The van der Waals surface area contributed by atoms with E-state index in [0.29, 0.717) is 5.92 Å². The van der Waals surface area contributed by atoms with Crippen LogP contribution in [0.2, 0.25) is 0 Å². The molecule has 1 nitrogen and oxygen atoms in total. The van der Waals surface area contributed by atoms with Gasteiger partial charge in [0.1, 0.15) is 5.75 Å². The van der Waals surface area contributed by atoms with E-state index in [-0.39, 0.29) is 5.75 Å². The number of unbranched alkanes of at least 4 members (excludes halogenated alkanes) is 1. The van der Waals surface area contributed by atoms with Gasteiger partial charge >= 0.3 is 6.11 Å². The number of rotatable bonds is 8.